The highest BCUT2D eigenvalue weighted by molar-refractivity contribution is 5.94. The van der Waals surface area contributed by atoms with Crippen molar-refractivity contribution in [3.8, 4) is 0 Å². The first-order chi connectivity index (χ1) is 7.54. The third-order valence-corrected chi connectivity index (χ3v) is 2.35. The molecule has 16 heavy (non-hydrogen) atoms. The summed E-state index contributed by atoms with van der Waals surface area (Å²) in [6.07, 6.45) is -0.442. The fraction of sp³-hybridized carbons (Fsp3) is 0.417. The SMILES string of the molecule is COC(C)C(=O)Nc1cccc(N(C)C)c1. The lowest BCUT2D eigenvalue weighted by Gasteiger charge is -2.15. The van der Waals surface area contributed by atoms with Crippen LogP contribution in [-0.2, 0) is 9.53 Å². The molecule has 0 fully saturated rings. The zero-order valence-electron chi connectivity index (χ0n) is 10.2. The molecular weight excluding hydrogens is 204 g/mol. The van der Waals surface area contributed by atoms with Gasteiger partial charge in [-0.3, -0.25) is 4.79 Å². The molecule has 0 saturated carbocycles. The Morgan fingerprint density at radius 2 is 2.12 bits per heavy atom. The van der Waals surface area contributed by atoms with Gasteiger partial charge in [0.25, 0.3) is 5.91 Å². The molecule has 4 heteroatoms. The van der Waals surface area contributed by atoms with Crippen LogP contribution in [0.1, 0.15) is 6.92 Å². The molecule has 0 spiro atoms. The number of nitrogens with one attached hydrogen (secondary N) is 1. The number of carbonyl (C=O) groups is 1. The fourth-order valence-electron chi connectivity index (χ4n) is 1.21. The number of rotatable bonds is 4. The minimum atomic E-state index is -0.442. The highest BCUT2D eigenvalue weighted by atomic mass is 16.5. The van der Waals surface area contributed by atoms with Crippen molar-refractivity contribution in [2.75, 3.05) is 31.4 Å². The van der Waals surface area contributed by atoms with Crippen LogP contribution in [0.3, 0.4) is 0 Å². The highest BCUT2D eigenvalue weighted by Crippen LogP contribution is 2.17. The molecule has 0 aliphatic rings. The summed E-state index contributed by atoms with van der Waals surface area (Å²) in [6.45, 7) is 1.71. The summed E-state index contributed by atoms with van der Waals surface area (Å²) in [5, 5.41) is 2.80. The standard InChI is InChI=1S/C12H18N2O2/c1-9(16-4)12(15)13-10-6-5-7-11(8-10)14(2)3/h5-9H,1-4H3,(H,13,15). The van der Waals surface area contributed by atoms with Crippen molar-refractivity contribution in [3.05, 3.63) is 24.3 Å². The summed E-state index contributed by atoms with van der Waals surface area (Å²) < 4.78 is 4.94. The minimum Gasteiger partial charge on any atom is -0.378 e. The molecule has 1 unspecified atom stereocenters. The Morgan fingerprint density at radius 3 is 2.69 bits per heavy atom. The third kappa shape index (κ3) is 3.24. The van der Waals surface area contributed by atoms with Crippen LogP contribution in [0.15, 0.2) is 24.3 Å². The molecule has 0 bridgehead atoms. The lowest BCUT2D eigenvalue weighted by atomic mass is 10.2. The Balaban J connectivity index is 2.74. The number of carbonyl (C=O) groups excluding carboxylic acids is 1. The number of nitrogens with zero attached hydrogens (tertiary/aromatic N) is 1. The van der Waals surface area contributed by atoms with E-state index >= 15 is 0 Å². The Kier molecular flexibility index (Phi) is 4.31. The first-order valence-electron chi connectivity index (χ1n) is 5.15. The summed E-state index contributed by atoms with van der Waals surface area (Å²) in [6, 6.07) is 7.66. The molecule has 4 nitrogen and oxygen atoms in total. The average Bonchev–Trinajstić information content (AvgIpc) is 2.28. The number of benzene rings is 1. The van der Waals surface area contributed by atoms with Crippen molar-refractivity contribution < 1.29 is 9.53 Å². The molecule has 1 N–H and O–H groups in total. The van der Waals surface area contributed by atoms with E-state index in [1.54, 1.807) is 6.92 Å². The molecule has 1 aromatic rings. The number of ether oxygens (including phenoxy) is 1. The molecule has 0 aliphatic heterocycles. The van der Waals surface area contributed by atoms with Gasteiger partial charge in [0, 0.05) is 32.6 Å². The Bertz CT molecular complexity index is 364. The second-order valence-electron chi connectivity index (χ2n) is 3.81. The Hall–Kier alpha value is -1.55. The maximum absolute atomic E-state index is 11.6. The van der Waals surface area contributed by atoms with Crippen LogP contribution in [0.4, 0.5) is 11.4 Å². The van der Waals surface area contributed by atoms with Crippen LogP contribution >= 0.6 is 0 Å². The second-order valence-corrected chi connectivity index (χ2v) is 3.81. The topological polar surface area (TPSA) is 41.6 Å². The number of amides is 1. The van der Waals surface area contributed by atoms with Crippen LogP contribution in [0.2, 0.25) is 0 Å². The van der Waals surface area contributed by atoms with Crippen molar-refractivity contribution in [2.45, 2.75) is 13.0 Å². The highest BCUT2D eigenvalue weighted by Gasteiger charge is 2.11. The van der Waals surface area contributed by atoms with E-state index < -0.39 is 6.10 Å². The number of anilines is 2. The van der Waals surface area contributed by atoms with Gasteiger partial charge in [0.05, 0.1) is 0 Å². The lowest BCUT2D eigenvalue weighted by molar-refractivity contribution is -0.124. The summed E-state index contributed by atoms with van der Waals surface area (Å²) in [4.78, 5) is 13.6. The maximum atomic E-state index is 11.6. The van der Waals surface area contributed by atoms with E-state index in [4.69, 9.17) is 4.74 Å². The molecule has 1 aromatic carbocycles. The molecule has 1 atom stereocenters. The molecule has 0 aliphatic carbocycles. The van der Waals surface area contributed by atoms with Crippen LogP contribution in [0.25, 0.3) is 0 Å². The number of hydrogen-bond acceptors (Lipinski definition) is 3. The predicted molar refractivity (Wildman–Crippen MR) is 65.9 cm³/mol. The van der Waals surface area contributed by atoms with E-state index in [2.05, 4.69) is 5.32 Å². The van der Waals surface area contributed by atoms with Crippen LogP contribution in [0.5, 0.6) is 0 Å². The smallest absolute Gasteiger partial charge is 0.253 e. The zero-order valence-corrected chi connectivity index (χ0v) is 10.2. The first-order valence-corrected chi connectivity index (χ1v) is 5.15. The molecule has 0 radical (unpaired) electrons. The van der Waals surface area contributed by atoms with Gasteiger partial charge in [-0.25, -0.2) is 0 Å². The van der Waals surface area contributed by atoms with E-state index in [-0.39, 0.29) is 5.91 Å². The van der Waals surface area contributed by atoms with Crippen LogP contribution in [0, 0.1) is 0 Å². The van der Waals surface area contributed by atoms with E-state index in [9.17, 15) is 4.79 Å². The molecule has 0 saturated heterocycles. The van der Waals surface area contributed by atoms with Crippen molar-refractivity contribution >= 4 is 17.3 Å². The van der Waals surface area contributed by atoms with Gasteiger partial charge in [0.15, 0.2) is 0 Å². The van der Waals surface area contributed by atoms with E-state index in [0.717, 1.165) is 11.4 Å². The van der Waals surface area contributed by atoms with Gasteiger partial charge in [-0.1, -0.05) is 6.07 Å². The molecular formula is C12H18N2O2. The Morgan fingerprint density at radius 1 is 1.44 bits per heavy atom. The fourth-order valence-corrected chi connectivity index (χ4v) is 1.21. The maximum Gasteiger partial charge on any atom is 0.253 e. The van der Waals surface area contributed by atoms with Crippen molar-refractivity contribution in [1.29, 1.82) is 0 Å². The van der Waals surface area contributed by atoms with Crippen molar-refractivity contribution in [1.82, 2.24) is 0 Å². The van der Waals surface area contributed by atoms with Crippen molar-refractivity contribution in [3.63, 3.8) is 0 Å². The quantitative estimate of drug-likeness (QED) is 0.843. The molecule has 1 rings (SSSR count). The van der Waals surface area contributed by atoms with E-state index in [1.807, 2.05) is 43.3 Å². The lowest BCUT2D eigenvalue weighted by Crippen LogP contribution is -2.26. The predicted octanol–water partition coefficient (Wildman–Crippen LogP) is 1.73. The van der Waals surface area contributed by atoms with Crippen LogP contribution < -0.4 is 10.2 Å². The number of methoxy groups -OCH3 is 1. The summed E-state index contributed by atoms with van der Waals surface area (Å²) in [7, 11) is 5.43. The van der Waals surface area contributed by atoms with Gasteiger partial charge in [-0.05, 0) is 25.1 Å². The van der Waals surface area contributed by atoms with Gasteiger partial charge >= 0.3 is 0 Å². The monoisotopic (exact) mass is 222 g/mol. The normalized spacial score (nSPS) is 12.0. The zero-order chi connectivity index (χ0) is 12.1. The largest absolute Gasteiger partial charge is 0.378 e. The molecule has 0 aromatic heterocycles. The minimum absolute atomic E-state index is 0.140. The third-order valence-electron chi connectivity index (χ3n) is 2.35. The summed E-state index contributed by atoms with van der Waals surface area (Å²) in [5.41, 5.74) is 1.82. The average molecular weight is 222 g/mol. The van der Waals surface area contributed by atoms with Crippen molar-refractivity contribution in [2.24, 2.45) is 0 Å². The van der Waals surface area contributed by atoms with Gasteiger partial charge in [0.2, 0.25) is 0 Å². The van der Waals surface area contributed by atoms with Gasteiger partial charge in [-0.15, -0.1) is 0 Å². The molecule has 88 valence electrons. The molecule has 1 amide bonds. The molecule has 0 heterocycles. The Labute approximate surface area is 96.2 Å². The van der Waals surface area contributed by atoms with E-state index in [0.29, 0.717) is 0 Å². The summed E-state index contributed by atoms with van der Waals surface area (Å²) >= 11 is 0. The van der Waals surface area contributed by atoms with Gasteiger partial charge in [0.1, 0.15) is 6.10 Å². The van der Waals surface area contributed by atoms with Crippen LogP contribution in [-0.4, -0.2) is 33.2 Å². The first kappa shape index (κ1) is 12.5. The second kappa shape index (κ2) is 5.51. The summed E-state index contributed by atoms with van der Waals surface area (Å²) in [5.74, 6) is -0.140. The van der Waals surface area contributed by atoms with E-state index in [1.165, 1.54) is 7.11 Å². The van der Waals surface area contributed by atoms with Gasteiger partial charge in [-0.2, -0.15) is 0 Å². The van der Waals surface area contributed by atoms with Gasteiger partial charge < -0.3 is 15.0 Å². The number of hydrogen-bond donors (Lipinski definition) is 1.